The fraction of sp³-hybridized carbons (Fsp3) is 0.800. The average Bonchev–Trinajstić information content (AvgIpc) is 3.30. The Morgan fingerprint density at radius 1 is 1.24 bits per heavy atom. The minimum absolute atomic E-state index is 0.155. The summed E-state index contributed by atoms with van der Waals surface area (Å²) >= 11 is 0. The number of likely N-dealkylation sites (tertiary alicyclic amines) is 1. The molecule has 118 valence electrons. The van der Waals surface area contributed by atoms with Crippen molar-refractivity contribution in [2.75, 3.05) is 20.1 Å². The minimum Gasteiger partial charge on any atom is -0.480 e. The van der Waals surface area contributed by atoms with Gasteiger partial charge in [0.1, 0.15) is 6.04 Å². The Hall–Kier alpha value is -1.59. The van der Waals surface area contributed by atoms with Crippen molar-refractivity contribution < 1.29 is 19.5 Å². The van der Waals surface area contributed by atoms with E-state index in [-0.39, 0.29) is 23.7 Å². The molecule has 2 unspecified atom stereocenters. The summed E-state index contributed by atoms with van der Waals surface area (Å²) in [4.78, 5) is 38.9. The Morgan fingerprint density at radius 3 is 2.43 bits per heavy atom. The first-order valence-electron chi connectivity index (χ1n) is 7.74. The molecule has 2 atom stereocenters. The molecule has 1 N–H and O–H groups in total. The lowest BCUT2D eigenvalue weighted by molar-refractivity contribution is -0.152. The molecule has 2 aliphatic rings. The number of carboxylic acids is 1. The highest BCUT2D eigenvalue weighted by Gasteiger charge is 2.38. The Labute approximate surface area is 125 Å². The van der Waals surface area contributed by atoms with Crippen LogP contribution in [0.25, 0.3) is 0 Å². The summed E-state index contributed by atoms with van der Waals surface area (Å²) < 4.78 is 0. The average molecular weight is 296 g/mol. The zero-order valence-electron chi connectivity index (χ0n) is 12.7. The number of carbonyl (C=O) groups is 3. The molecular formula is C15H24N2O4. The van der Waals surface area contributed by atoms with E-state index in [0.717, 1.165) is 32.2 Å². The van der Waals surface area contributed by atoms with E-state index in [4.69, 9.17) is 5.11 Å². The van der Waals surface area contributed by atoms with Crippen LogP contribution in [0, 0.1) is 11.8 Å². The van der Waals surface area contributed by atoms with Crippen LogP contribution < -0.4 is 0 Å². The van der Waals surface area contributed by atoms with E-state index in [9.17, 15) is 14.4 Å². The third-order valence-electron chi connectivity index (χ3n) is 4.50. The molecule has 1 aliphatic carbocycles. The van der Waals surface area contributed by atoms with Gasteiger partial charge in [0.25, 0.3) is 0 Å². The number of amides is 2. The molecule has 0 aromatic carbocycles. The van der Waals surface area contributed by atoms with Crippen molar-refractivity contribution in [2.24, 2.45) is 11.8 Å². The van der Waals surface area contributed by atoms with Crippen LogP contribution in [0.3, 0.4) is 0 Å². The van der Waals surface area contributed by atoms with Gasteiger partial charge in [-0.1, -0.05) is 6.92 Å². The standard InChI is InChI=1S/C15H24N2O4/c1-3-12(15(20)21)16(2)13(18)11-5-4-8-17(9-11)14(19)10-6-7-10/h10-12H,3-9H2,1-2H3,(H,20,21). The van der Waals surface area contributed by atoms with Crippen LogP contribution in [0.5, 0.6) is 0 Å². The molecule has 1 heterocycles. The third kappa shape index (κ3) is 3.54. The van der Waals surface area contributed by atoms with Gasteiger partial charge < -0.3 is 14.9 Å². The van der Waals surface area contributed by atoms with Crippen molar-refractivity contribution in [1.82, 2.24) is 9.80 Å². The van der Waals surface area contributed by atoms with Crippen molar-refractivity contribution in [3.8, 4) is 0 Å². The van der Waals surface area contributed by atoms with Crippen LogP contribution in [0.4, 0.5) is 0 Å². The number of likely N-dealkylation sites (N-methyl/N-ethyl adjacent to an activating group) is 1. The summed E-state index contributed by atoms with van der Waals surface area (Å²) in [6, 6.07) is -0.785. The van der Waals surface area contributed by atoms with Crippen molar-refractivity contribution in [3.05, 3.63) is 0 Å². The number of carboxylic acid groups (broad SMARTS) is 1. The van der Waals surface area contributed by atoms with E-state index in [1.807, 2.05) is 0 Å². The zero-order chi connectivity index (χ0) is 15.6. The van der Waals surface area contributed by atoms with Crippen molar-refractivity contribution in [3.63, 3.8) is 0 Å². The molecule has 1 saturated heterocycles. The summed E-state index contributed by atoms with van der Waals surface area (Å²) in [5, 5.41) is 9.15. The van der Waals surface area contributed by atoms with Crippen LogP contribution in [0.2, 0.25) is 0 Å². The lowest BCUT2D eigenvalue weighted by Gasteiger charge is -2.35. The van der Waals surface area contributed by atoms with Gasteiger partial charge in [-0.15, -0.1) is 0 Å². The van der Waals surface area contributed by atoms with Crippen LogP contribution in [-0.2, 0) is 14.4 Å². The van der Waals surface area contributed by atoms with Crippen molar-refractivity contribution in [2.45, 2.75) is 45.1 Å². The maximum absolute atomic E-state index is 12.5. The third-order valence-corrected chi connectivity index (χ3v) is 4.50. The number of carbonyl (C=O) groups excluding carboxylic acids is 2. The highest BCUT2D eigenvalue weighted by atomic mass is 16.4. The molecule has 0 radical (unpaired) electrons. The van der Waals surface area contributed by atoms with E-state index in [2.05, 4.69) is 0 Å². The van der Waals surface area contributed by atoms with Gasteiger partial charge in [0.2, 0.25) is 11.8 Å². The zero-order valence-corrected chi connectivity index (χ0v) is 12.7. The second-order valence-electron chi connectivity index (χ2n) is 6.11. The van der Waals surface area contributed by atoms with E-state index in [1.165, 1.54) is 4.90 Å². The molecule has 1 aliphatic heterocycles. The van der Waals surface area contributed by atoms with Gasteiger partial charge in [-0.3, -0.25) is 9.59 Å². The van der Waals surface area contributed by atoms with Gasteiger partial charge in [0.15, 0.2) is 0 Å². The Bertz CT molecular complexity index is 433. The molecular weight excluding hydrogens is 272 g/mol. The van der Waals surface area contributed by atoms with Crippen molar-refractivity contribution in [1.29, 1.82) is 0 Å². The van der Waals surface area contributed by atoms with Gasteiger partial charge in [0, 0.05) is 26.1 Å². The van der Waals surface area contributed by atoms with Gasteiger partial charge in [-0.2, -0.15) is 0 Å². The van der Waals surface area contributed by atoms with Crippen LogP contribution in [-0.4, -0.2) is 58.9 Å². The number of hydrogen-bond acceptors (Lipinski definition) is 3. The normalized spacial score (nSPS) is 23.5. The molecule has 0 aromatic rings. The Balaban J connectivity index is 1.97. The summed E-state index contributed by atoms with van der Waals surface area (Å²) in [5.41, 5.74) is 0. The molecule has 21 heavy (non-hydrogen) atoms. The van der Waals surface area contributed by atoms with E-state index >= 15 is 0 Å². The highest BCUT2D eigenvalue weighted by Crippen LogP contribution is 2.32. The molecule has 1 saturated carbocycles. The number of aliphatic carboxylic acids is 1. The maximum atomic E-state index is 12.5. The smallest absolute Gasteiger partial charge is 0.326 e. The topological polar surface area (TPSA) is 77.9 Å². The Kier molecular flexibility index (Phi) is 4.85. The number of piperidine rings is 1. The molecule has 2 fully saturated rings. The van der Waals surface area contributed by atoms with E-state index in [0.29, 0.717) is 13.0 Å². The largest absolute Gasteiger partial charge is 0.480 e. The Morgan fingerprint density at radius 2 is 1.90 bits per heavy atom. The van der Waals surface area contributed by atoms with E-state index < -0.39 is 12.0 Å². The first kappa shape index (κ1) is 15.8. The molecule has 2 amide bonds. The summed E-state index contributed by atoms with van der Waals surface area (Å²) in [7, 11) is 1.55. The maximum Gasteiger partial charge on any atom is 0.326 e. The lowest BCUT2D eigenvalue weighted by Crippen LogP contribution is -2.50. The van der Waals surface area contributed by atoms with Crippen LogP contribution >= 0.6 is 0 Å². The van der Waals surface area contributed by atoms with Gasteiger partial charge in [-0.25, -0.2) is 4.79 Å². The quantitative estimate of drug-likeness (QED) is 0.819. The first-order chi connectivity index (χ1) is 9.95. The molecule has 6 heteroatoms. The number of rotatable bonds is 5. The van der Waals surface area contributed by atoms with Gasteiger partial charge >= 0.3 is 5.97 Å². The first-order valence-corrected chi connectivity index (χ1v) is 7.74. The second-order valence-corrected chi connectivity index (χ2v) is 6.11. The fourth-order valence-electron chi connectivity index (χ4n) is 3.02. The number of hydrogen-bond donors (Lipinski definition) is 1. The van der Waals surface area contributed by atoms with E-state index in [1.54, 1.807) is 18.9 Å². The van der Waals surface area contributed by atoms with Crippen LogP contribution in [0.15, 0.2) is 0 Å². The SMILES string of the molecule is CCC(C(=O)O)N(C)C(=O)C1CCCN(C(=O)C2CC2)C1. The summed E-state index contributed by atoms with van der Waals surface area (Å²) in [5.74, 6) is -1.06. The van der Waals surface area contributed by atoms with Gasteiger partial charge in [-0.05, 0) is 32.1 Å². The molecule has 0 bridgehead atoms. The van der Waals surface area contributed by atoms with Crippen molar-refractivity contribution >= 4 is 17.8 Å². The minimum atomic E-state index is -0.977. The lowest BCUT2D eigenvalue weighted by atomic mass is 9.95. The van der Waals surface area contributed by atoms with Gasteiger partial charge in [0.05, 0.1) is 5.92 Å². The second kappa shape index (κ2) is 6.45. The predicted molar refractivity (Wildman–Crippen MR) is 76.5 cm³/mol. The molecule has 0 spiro atoms. The fourth-order valence-corrected chi connectivity index (χ4v) is 3.02. The molecule has 0 aromatic heterocycles. The highest BCUT2D eigenvalue weighted by molar-refractivity contribution is 5.86. The molecule has 6 nitrogen and oxygen atoms in total. The summed E-state index contributed by atoms with van der Waals surface area (Å²) in [6.07, 6.45) is 3.85. The molecule has 2 rings (SSSR count). The van der Waals surface area contributed by atoms with Crippen LogP contribution in [0.1, 0.15) is 39.0 Å². The predicted octanol–water partition coefficient (Wildman–Crippen LogP) is 0.957. The number of nitrogens with zero attached hydrogens (tertiary/aromatic N) is 2. The summed E-state index contributed by atoms with van der Waals surface area (Å²) in [6.45, 7) is 2.92. The monoisotopic (exact) mass is 296 g/mol.